The predicted molar refractivity (Wildman–Crippen MR) is 77.4 cm³/mol. The number of rotatable bonds is 4. The van der Waals surface area contributed by atoms with Gasteiger partial charge in [-0.2, -0.15) is 0 Å². The topological polar surface area (TPSA) is 80.0 Å². The minimum Gasteiger partial charge on any atom is -0.382 e. The average molecular weight is 280 g/mol. The Balaban J connectivity index is 1.61. The van der Waals surface area contributed by atoms with Crippen LogP contribution >= 0.6 is 11.3 Å². The molecule has 0 radical (unpaired) electrons. The second-order valence-corrected chi connectivity index (χ2v) is 6.75. The lowest BCUT2D eigenvalue weighted by Gasteiger charge is -2.33. The third kappa shape index (κ3) is 2.68. The van der Waals surface area contributed by atoms with Crippen molar-refractivity contribution in [2.45, 2.75) is 51.1 Å². The Morgan fingerprint density at radius 1 is 1.37 bits per heavy atom. The first-order chi connectivity index (χ1) is 9.11. The average Bonchev–Trinajstić information content (AvgIpc) is 2.63. The number of hydrogen-bond acceptors (Lipinski definition) is 5. The molecule has 1 heterocycles. The zero-order valence-corrected chi connectivity index (χ0v) is 11.9. The van der Waals surface area contributed by atoms with Gasteiger partial charge in [-0.1, -0.05) is 18.3 Å². The summed E-state index contributed by atoms with van der Waals surface area (Å²) in [5.41, 5.74) is 5.84. The van der Waals surface area contributed by atoms with Crippen LogP contribution in [0.2, 0.25) is 0 Å². The largest absolute Gasteiger partial charge is 0.382 e. The molecule has 19 heavy (non-hydrogen) atoms. The van der Waals surface area contributed by atoms with Gasteiger partial charge in [-0.15, -0.1) is 0 Å². The molecule has 4 N–H and O–H groups in total. The van der Waals surface area contributed by atoms with E-state index in [0.29, 0.717) is 22.8 Å². The van der Waals surface area contributed by atoms with E-state index >= 15 is 0 Å². The minimum absolute atomic E-state index is 0.0754. The standard InChI is InChI=1S/C13H20N4OS/c1-7-5-9(6-7)15-12(18)10-11(14)17-13(19-10)16-8-3-2-4-8/h7-9H,2-6,14H2,1H3,(H,15,18)(H,16,17). The van der Waals surface area contributed by atoms with Crippen LogP contribution in [0.5, 0.6) is 0 Å². The van der Waals surface area contributed by atoms with Gasteiger partial charge in [0.2, 0.25) is 0 Å². The molecule has 1 aromatic heterocycles. The fraction of sp³-hybridized carbons (Fsp3) is 0.692. The van der Waals surface area contributed by atoms with Crippen molar-refractivity contribution in [2.75, 3.05) is 11.1 Å². The zero-order chi connectivity index (χ0) is 13.4. The summed E-state index contributed by atoms with van der Waals surface area (Å²) in [5.74, 6) is 0.991. The number of nitrogens with zero attached hydrogens (tertiary/aromatic N) is 1. The molecule has 2 aliphatic rings. The Hall–Kier alpha value is -1.30. The zero-order valence-electron chi connectivity index (χ0n) is 11.1. The van der Waals surface area contributed by atoms with Gasteiger partial charge in [0.25, 0.3) is 5.91 Å². The summed E-state index contributed by atoms with van der Waals surface area (Å²) in [4.78, 5) is 16.9. The highest BCUT2D eigenvalue weighted by atomic mass is 32.1. The van der Waals surface area contributed by atoms with Gasteiger partial charge in [0.05, 0.1) is 0 Å². The van der Waals surface area contributed by atoms with Crippen molar-refractivity contribution in [3.63, 3.8) is 0 Å². The van der Waals surface area contributed by atoms with E-state index in [1.54, 1.807) is 0 Å². The number of nitrogens with two attached hydrogens (primary N) is 1. The number of nitrogens with one attached hydrogen (secondary N) is 2. The molecule has 104 valence electrons. The molecule has 3 rings (SSSR count). The Morgan fingerprint density at radius 2 is 2.11 bits per heavy atom. The maximum Gasteiger partial charge on any atom is 0.265 e. The van der Waals surface area contributed by atoms with Gasteiger partial charge < -0.3 is 16.4 Å². The lowest BCUT2D eigenvalue weighted by atomic mass is 9.82. The third-order valence-electron chi connectivity index (χ3n) is 4.00. The number of anilines is 2. The quantitative estimate of drug-likeness (QED) is 0.790. The highest BCUT2D eigenvalue weighted by Gasteiger charge is 2.28. The van der Waals surface area contributed by atoms with E-state index in [-0.39, 0.29) is 5.91 Å². The van der Waals surface area contributed by atoms with Crippen molar-refractivity contribution in [2.24, 2.45) is 5.92 Å². The number of hydrogen-bond donors (Lipinski definition) is 3. The first kappa shape index (κ1) is 12.7. The first-order valence-electron chi connectivity index (χ1n) is 6.95. The molecule has 2 fully saturated rings. The molecule has 0 aromatic carbocycles. The number of amides is 1. The van der Waals surface area contributed by atoms with Crippen LogP contribution in [-0.4, -0.2) is 23.0 Å². The van der Waals surface area contributed by atoms with E-state index in [0.717, 1.165) is 23.9 Å². The lowest BCUT2D eigenvalue weighted by Crippen LogP contribution is -2.43. The summed E-state index contributed by atoms with van der Waals surface area (Å²) in [7, 11) is 0. The molecule has 0 aliphatic heterocycles. The van der Waals surface area contributed by atoms with Crippen LogP contribution < -0.4 is 16.4 Å². The summed E-state index contributed by atoms with van der Waals surface area (Å²) in [6.45, 7) is 2.20. The molecule has 1 amide bonds. The van der Waals surface area contributed by atoms with Gasteiger partial charge >= 0.3 is 0 Å². The normalized spacial score (nSPS) is 26.4. The van der Waals surface area contributed by atoms with Crippen molar-refractivity contribution in [1.82, 2.24) is 10.3 Å². The molecule has 6 heteroatoms. The van der Waals surface area contributed by atoms with Crippen LogP contribution in [0.4, 0.5) is 10.9 Å². The van der Waals surface area contributed by atoms with E-state index in [1.165, 1.54) is 30.6 Å². The van der Waals surface area contributed by atoms with Gasteiger partial charge in [-0.25, -0.2) is 4.98 Å². The maximum absolute atomic E-state index is 12.1. The van der Waals surface area contributed by atoms with E-state index < -0.39 is 0 Å². The molecule has 2 aliphatic carbocycles. The van der Waals surface area contributed by atoms with E-state index in [1.807, 2.05) is 0 Å². The highest BCUT2D eigenvalue weighted by molar-refractivity contribution is 7.18. The molecular formula is C13H20N4OS. The molecule has 2 saturated carbocycles. The number of thiazole rings is 1. The monoisotopic (exact) mass is 280 g/mol. The number of nitrogen functional groups attached to an aromatic ring is 1. The summed E-state index contributed by atoms with van der Waals surface area (Å²) < 4.78 is 0. The van der Waals surface area contributed by atoms with Crippen LogP contribution in [0.15, 0.2) is 0 Å². The fourth-order valence-electron chi connectivity index (χ4n) is 2.55. The van der Waals surface area contributed by atoms with E-state index in [2.05, 4.69) is 22.5 Å². The molecule has 0 bridgehead atoms. The van der Waals surface area contributed by atoms with Crippen LogP contribution in [0.3, 0.4) is 0 Å². The summed E-state index contributed by atoms with van der Waals surface area (Å²) in [5, 5.41) is 7.12. The van der Waals surface area contributed by atoms with Crippen LogP contribution in [0.1, 0.15) is 48.7 Å². The molecule has 0 unspecified atom stereocenters. The Morgan fingerprint density at radius 3 is 2.68 bits per heavy atom. The van der Waals surface area contributed by atoms with Crippen molar-refractivity contribution in [1.29, 1.82) is 0 Å². The second kappa shape index (κ2) is 5.00. The van der Waals surface area contributed by atoms with Crippen molar-refractivity contribution >= 4 is 28.2 Å². The maximum atomic E-state index is 12.1. The number of aromatic nitrogens is 1. The van der Waals surface area contributed by atoms with Gasteiger partial charge in [-0.05, 0) is 38.0 Å². The summed E-state index contributed by atoms with van der Waals surface area (Å²) in [6.07, 6.45) is 5.77. The van der Waals surface area contributed by atoms with E-state index in [9.17, 15) is 4.79 Å². The molecular weight excluding hydrogens is 260 g/mol. The number of carbonyl (C=O) groups excluding carboxylic acids is 1. The first-order valence-corrected chi connectivity index (χ1v) is 7.77. The Bertz CT molecular complexity index is 477. The number of carbonyl (C=O) groups is 1. The van der Waals surface area contributed by atoms with Gasteiger partial charge in [0.1, 0.15) is 10.7 Å². The molecule has 0 atom stereocenters. The molecule has 0 spiro atoms. The Labute approximate surface area is 117 Å². The minimum atomic E-state index is -0.0754. The Kier molecular flexibility index (Phi) is 3.35. The van der Waals surface area contributed by atoms with Crippen LogP contribution in [0, 0.1) is 5.92 Å². The van der Waals surface area contributed by atoms with Gasteiger partial charge in [0, 0.05) is 12.1 Å². The van der Waals surface area contributed by atoms with E-state index in [4.69, 9.17) is 5.73 Å². The lowest BCUT2D eigenvalue weighted by molar-refractivity contribution is 0.0901. The molecule has 0 saturated heterocycles. The van der Waals surface area contributed by atoms with Crippen molar-refractivity contribution in [3.8, 4) is 0 Å². The van der Waals surface area contributed by atoms with Gasteiger partial charge in [-0.3, -0.25) is 4.79 Å². The van der Waals surface area contributed by atoms with Crippen molar-refractivity contribution < 1.29 is 4.79 Å². The summed E-state index contributed by atoms with van der Waals surface area (Å²) >= 11 is 1.36. The molecule has 5 nitrogen and oxygen atoms in total. The smallest absolute Gasteiger partial charge is 0.265 e. The third-order valence-corrected chi connectivity index (χ3v) is 5.00. The van der Waals surface area contributed by atoms with Gasteiger partial charge in [0.15, 0.2) is 5.13 Å². The highest BCUT2D eigenvalue weighted by Crippen LogP contribution is 2.31. The predicted octanol–water partition coefficient (Wildman–Crippen LogP) is 2.22. The second-order valence-electron chi connectivity index (χ2n) is 5.75. The molecule has 1 aromatic rings. The van der Waals surface area contributed by atoms with Crippen LogP contribution in [-0.2, 0) is 0 Å². The SMILES string of the molecule is CC1CC(NC(=O)c2sc(NC3CCC3)nc2N)C1. The fourth-order valence-corrected chi connectivity index (χ4v) is 3.42. The van der Waals surface area contributed by atoms with Crippen molar-refractivity contribution in [3.05, 3.63) is 4.88 Å². The van der Waals surface area contributed by atoms with Crippen LogP contribution in [0.25, 0.3) is 0 Å². The summed E-state index contributed by atoms with van der Waals surface area (Å²) in [6, 6.07) is 0.820.